The van der Waals surface area contributed by atoms with E-state index in [-0.39, 0.29) is 5.82 Å². The van der Waals surface area contributed by atoms with Crippen LogP contribution in [-0.2, 0) is 13.1 Å². The number of halogens is 1. The van der Waals surface area contributed by atoms with Gasteiger partial charge < -0.3 is 24.4 Å². The van der Waals surface area contributed by atoms with Crippen molar-refractivity contribution in [1.82, 2.24) is 30.0 Å². The summed E-state index contributed by atoms with van der Waals surface area (Å²) in [7, 11) is 4.85. The summed E-state index contributed by atoms with van der Waals surface area (Å²) in [6.45, 7) is 4.45. The molecule has 0 saturated carbocycles. The molecule has 0 unspecified atom stereocenters. The van der Waals surface area contributed by atoms with Gasteiger partial charge in [-0.05, 0) is 53.6 Å². The highest BCUT2D eigenvalue weighted by Gasteiger charge is 2.23. The molecule has 3 heterocycles. The normalized spacial score (nSPS) is 13.6. The van der Waals surface area contributed by atoms with E-state index in [2.05, 4.69) is 42.4 Å². The number of rotatable bonds is 10. The minimum Gasteiger partial charge on any atom is -0.497 e. The maximum absolute atomic E-state index is 13.4. The molecule has 1 fully saturated rings. The Morgan fingerprint density at radius 2 is 1.48 bits per heavy atom. The predicted octanol–water partition coefficient (Wildman–Crippen LogP) is 4.58. The standard InChI is InChI=1S/C32H33FN8O3/c1-42-25-11-6-22(7-12-25)20-40-14-16-41(17-15-40)31-28-30(36-32(37-31)34-19-21-4-9-24(33)10-5-21)39-38-29(35-28)23-8-13-26(43-2)27(18-23)44-3/h4-13,18H,14-17,19-20H2,1-3H3,(H,34,36,37,39). The van der Waals surface area contributed by atoms with E-state index in [1.165, 1.54) is 17.7 Å². The number of piperazine rings is 1. The van der Waals surface area contributed by atoms with Crippen LogP contribution in [0.4, 0.5) is 16.2 Å². The SMILES string of the molecule is COc1ccc(CN2CCN(c3nc(NCc4ccc(F)cc4)nc4nnc(-c5ccc(OC)c(OC)c5)nc34)CC2)cc1. The number of nitrogens with zero attached hydrogens (tertiary/aromatic N) is 7. The number of hydrogen-bond donors (Lipinski definition) is 1. The highest BCUT2D eigenvalue weighted by atomic mass is 19.1. The van der Waals surface area contributed by atoms with Gasteiger partial charge in [-0.1, -0.05) is 24.3 Å². The molecule has 1 aliphatic rings. The highest BCUT2D eigenvalue weighted by Crippen LogP contribution is 2.32. The zero-order valence-electron chi connectivity index (χ0n) is 24.8. The lowest BCUT2D eigenvalue weighted by Gasteiger charge is -2.35. The molecule has 11 nitrogen and oxygen atoms in total. The number of nitrogens with one attached hydrogen (secondary N) is 1. The molecule has 3 aromatic carbocycles. The van der Waals surface area contributed by atoms with Crippen LogP contribution in [0, 0.1) is 5.82 Å². The molecule has 0 bridgehead atoms. The van der Waals surface area contributed by atoms with Crippen molar-refractivity contribution in [3.8, 4) is 28.6 Å². The van der Waals surface area contributed by atoms with E-state index in [0.717, 1.165) is 49.6 Å². The molecule has 1 aliphatic heterocycles. The van der Waals surface area contributed by atoms with Crippen LogP contribution in [0.2, 0.25) is 0 Å². The molecule has 5 aromatic rings. The van der Waals surface area contributed by atoms with Gasteiger partial charge >= 0.3 is 0 Å². The lowest BCUT2D eigenvalue weighted by molar-refractivity contribution is 0.249. The van der Waals surface area contributed by atoms with Gasteiger partial charge in [0, 0.05) is 44.8 Å². The maximum atomic E-state index is 13.4. The van der Waals surface area contributed by atoms with Crippen LogP contribution >= 0.6 is 0 Å². The number of methoxy groups -OCH3 is 3. The van der Waals surface area contributed by atoms with Crippen molar-refractivity contribution >= 4 is 22.9 Å². The Morgan fingerprint density at radius 3 is 2.18 bits per heavy atom. The molecule has 44 heavy (non-hydrogen) atoms. The Balaban J connectivity index is 1.29. The zero-order valence-corrected chi connectivity index (χ0v) is 24.8. The summed E-state index contributed by atoms with van der Waals surface area (Å²) in [4.78, 5) is 19.0. The van der Waals surface area contributed by atoms with Gasteiger partial charge in [-0.2, -0.15) is 9.97 Å². The van der Waals surface area contributed by atoms with Gasteiger partial charge in [-0.15, -0.1) is 10.2 Å². The molecular formula is C32H33FN8O3. The molecule has 6 rings (SSSR count). The molecule has 0 atom stereocenters. The summed E-state index contributed by atoms with van der Waals surface area (Å²) in [6.07, 6.45) is 0. The van der Waals surface area contributed by atoms with Crippen molar-refractivity contribution in [3.05, 3.63) is 83.7 Å². The molecule has 1 saturated heterocycles. The van der Waals surface area contributed by atoms with Crippen LogP contribution in [0.1, 0.15) is 11.1 Å². The first-order valence-electron chi connectivity index (χ1n) is 14.3. The number of fused-ring (bicyclic) bond motifs is 1. The van der Waals surface area contributed by atoms with E-state index in [0.29, 0.717) is 46.8 Å². The Kier molecular flexibility index (Phi) is 8.59. The zero-order chi connectivity index (χ0) is 30.5. The highest BCUT2D eigenvalue weighted by molar-refractivity contribution is 5.85. The lowest BCUT2D eigenvalue weighted by Crippen LogP contribution is -2.46. The van der Waals surface area contributed by atoms with Crippen LogP contribution < -0.4 is 24.4 Å². The average Bonchev–Trinajstić information content (AvgIpc) is 3.08. The monoisotopic (exact) mass is 596 g/mol. The van der Waals surface area contributed by atoms with Crippen LogP contribution in [0.5, 0.6) is 17.2 Å². The fraction of sp³-hybridized carbons (Fsp3) is 0.281. The number of aromatic nitrogens is 5. The average molecular weight is 597 g/mol. The number of ether oxygens (including phenoxy) is 3. The first-order chi connectivity index (χ1) is 21.5. The Morgan fingerprint density at radius 1 is 0.750 bits per heavy atom. The summed E-state index contributed by atoms with van der Waals surface area (Å²) in [5.41, 5.74) is 3.79. The van der Waals surface area contributed by atoms with E-state index >= 15 is 0 Å². The number of anilines is 2. The largest absolute Gasteiger partial charge is 0.497 e. The Labute approximate surface area is 254 Å². The van der Waals surface area contributed by atoms with E-state index < -0.39 is 0 Å². The molecule has 1 N–H and O–H groups in total. The fourth-order valence-corrected chi connectivity index (χ4v) is 5.11. The predicted molar refractivity (Wildman–Crippen MR) is 166 cm³/mol. The molecule has 226 valence electrons. The van der Waals surface area contributed by atoms with Crippen LogP contribution in [-0.4, -0.2) is 77.6 Å². The summed E-state index contributed by atoms with van der Waals surface area (Å²) < 4.78 is 29.6. The van der Waals surface area contributed by atoms with Gasteiger partial charge in [0.15, 0.2) is 28.7 Å². The van der Waals surface area contributed by atoms with Gasteiger partial charge in [0.2, 0.25) is 11.6 Å². The topological polar surface area (TPSA) is 111 Å². The van der Waals surface area contributed by atoms with Crippen LogP contribution in [0.3, 0.4) is 0 Å². The van der Waals surface area contributed by atoms with Crippen LogP contribution in [0.25, 0.3) is 22.6 Å². The third-order valence-corrected chi connectivity index (χ3v) is 7.55. The van der Waals surface area contributed by atoms with E-state index in [4.69, 9.17) is 24.2 Å². The summed E-state index contributed by atoms with van der Waals surface area (Å²) >= 11 is 0. The van der Waals surface area contributed by atoms with E-state index in [1.54, 1.807) is 33.5 Å². The summed E-state index contributed by atoms with van der Waals surface area (Å²) in [6, 6.07) is 20.0. The minimum atomic E-state index is -0.282. The fourth-order valence-electron chi connectivity index (χ4n) is 5.11. The Bertz CT molecular complexity index is 1730. The third kappa shape index (κ3) is 6.45. The van der Waals surface area contributed by atoms with Gasteiger partial charge in [0.1, 0.15) is 11.6 Å². The summed E-state index contributed by atoms with van der Waals surface area (Å²) in [5, 5.41) is 12.1. The van der Waals surface area contributed by atoms with Crippen molar-refractivity contribution in [3.63, 3.8) is 0 Å². The second-order valence-corrected chi connectivity index (χ2v) is 10.3. The summed E-state index contributed by atoms with van der Waals surface area (Å²) in [5.74, 6) is 3.24. The van der Waals surface area contributed by atoms with Crippen LogP contribution in [0.15, 0.2) is 66.7 Å². The quantitative estimate of drug-likeness (QED) is 0.245. The molecule has 12 heteroatoms. The first-order valence-corrected chi connectivity index (χ1v) is 14.3. The molecule has 0 spiro atoms. The van der Waals surface area contributed by atoms with Crippen molar-refractivity contribution in [2.75, 3.05) is 57.7 Å². The number of hydrogen-bond acceptors (Lipinski definition) is 11. The molecule has 0 amide bonds. The van der Waals surface area contributed by atoms with E-state index in [1.807, 2.05) is 30.3 Å². The van der Waals surface area contributed by atoms with Gasteiger partial charge in [0.05, 0.1) is 21.3 Å². The molecule has 0 aliphatic carbocycles. The molecular weight excluding hydrogens is 563 g/mol. The van der Waals surface area contributed by atoms with Crippen molar-refractivity contribution in [1.29, 1.82) is 0 Å². The van der Waals surface area contributed by atoms with Crippen molar-refractivity contribution in [2.45, 2.75) is 13.1 Å². The lowest BCUT2D eigenvalue weighted by atomic mass is 10.2. The minimum absolute atomic E-state index is 0.282. The van der Waals surface area contributed by atoms with Gasteiger partial charge in [-0.25, -0.2) is 9.37 Å². The van der Waals surface area contributed by atoms with E-state index in [9.17, 15) is 4.39 Å². The third-order valence-electron chi connectivity index (χ3n) is 7.55. The number of benzene rings is 3. The van der Waals surface area contributed by atoms with Crippen molar-refractivity contribution in [2.24, 2.45) is 0 Å². The van der Waals surface area contributed by atoms with Crippen molar-refractivity contribution < 1.29 is 18.6 Å². The first kappa shape index (κ1) is 29.0. The second kappa shape index (κ2) is 13.0. The smallest absolute Gasteiger partial charge is 0.227 e. The van der Waals surface area contributed by atoms with Gasteiger partial charge in [0.25, 0.3) is 0 Å². The molecule has 0 radical (unpaired) electrons. The maximum Gasteiger partial charge on any atom is 0.227 e. The molecule has 2 aromatic heterocycles. The Hall–Kier alpha value is -5.10. The van der Waals surface area contributed by atoms with Gasteiger partial charge in [-0.3, -0.25) is 4.90 Å². The second-order valence-electron chi connectivity index (χ2n) is 10.3.